The van der Waals surface area contributed by atoms with Gasteiger partial charge in [-0.2, -0.15) is 0 Å². The fourth-order valence-corrected chi connectivity index (χ4v) is 1.93. The summed E-state index contributed by atoms with van der Waals surface area (Å²) in [5, 5.41) is 0. The Kier molecular flexibility index (Phi) is 3.83. The first kappa shape index (κ1) is 11.7. The average Bonchev–Trinajstić information content (AvgIpc) is 2.23. The van der Waals surface area contributed by atoms with Gasteiger partial charge in [0.2, 0.25) is 0 Å². The van der Waals surface area contributed by atoms with E-state index < -0.39 is 5.41 Å². The summed E-state index contributed by atoms with van der Waals surface area (Å²) in [5.74, 6) is -0.320. The summed E-state index contributed by atoms with van der Waals surface area (Å²) in [4.78, 5) is 23.1. The molecular formula is C12H16O3. The monoisotopic (exact) mass is 208 g/mol. The van der Waals surface area contributed by atoms with Gasteiger partial charge in [-0.05, 0) is 25.3 Å². The van der Waals surface area contributed by atoms with Crippen LogP contribution >= 0.6 is 0 Å². The Labute approximate surface area is 89.8 Å². The maximum atomic E-state index is 11.8. The van der Waals surface area contributed by atoms with Crippen LogP contribution in [0.15, 0.2) is 24.8 Å². The van der Waals surface area contributed by atoms with Crippen LogP contribution in [0.1, 0.15) is 25.7 Å². The van der Waals surface area contributed by atoms with Gasteiger partial charge in [0, 0.05) is 5.41 Å². The molecule has 82 valence electrons. The fraction of sp³-hybridized carbons (Fsp3) is 0.500. The molecule has 1 atom stereocenters. The van der Waals surface area contributed by atoms with Gasteiger partial charge in [0.15, 0.2) is 5.78 Å². The zero-order chi connectivity index (χ0) is 11.3. The predicted octanol–water partition coefficient (Wildman–Crippen LogP) is 2.03. The van der Waals surface area contributed by atoms with Gasteiger partial charge < -0.3 is 4.74 Å². The molecule has 0 aromatic rings. The number of rotatable bonds is 4. The van der Waals surface area contributed by atoms with Crippen LogP contribution in [-0.2, 0) is 14.3 Å². The van der Waals surface area contributed by atoms with E-state index in [1.807, 2.05) is 6.08 Å². The molecule has 0 fully saturated rings. The van der Waals surface area contributed by atoms with Crippen LogP contribution in [0.2, 0.25) is 0 Å². The Morgan fingerprint density at radius 2 is 2.47 bits per heavy atom. The topological polar surface area (TPSA) is 43.4 Å². The molecule has 1 unspecified atom stereocenters. The SMILES string of the molecule is C=CCC1(CC(=O)OC)CCC=CC1=O. The highest BCUT2D eigenvalue weighted by molar-refractivity contribution is 5.98. The van der Waals surface area contributed by atoms with Crippen LogP contribution in [0.5, 0.6) is 0 Å². The molecule has 3 heteroatoms. The minimum atomic E-state index is -0.608. The van der Waals surface area contributed by atoms with Crippen LogP contribution in [0.3, 0.4) is 0 Å². The summed E-state index contributed by atoms with van der Waals surface area (Å²) in [6, 6.07) is 0. The van der Waals surface area contributed by atoms with Gasteiger partial charge in [-0.25, -0.2) is 0 Å². The average molecular weight is 208 g/mol. The molecule has 3 nitrogen and oxygen atoms in total. The van der Waals surface area contributed by atoms with E-state index in [0.29, 0.717) is 12.8 Å². The van der Waals surface area contributed by atoms with Gasteiger partial charge in [0.05, 0.1) is 13.5 Å². The van der Waals surface area contributed by atoms with Crippen molar-refractivity contribution in [3.05, 3.63) is 24.8 Å². The Morgan fingerprint density at radius 1 is 1.73 bits per heavy atom. The number of methoxy groups -OCH3 is 1. The lowest BCUT2D eigenvalue weighted by Gasteiger charge is -2.31. The fourth-order valence-electron chi connectivity index (χ4n) is 1.93. The van der Waals surface area contributed by atoms with Crippen molar-refractivity contribution in [3.8, 4) is 0 Å². The third kappa shape index (κ3) is 2.55. The molecule has 15 heavy (non-hydrogen) atoms. The van der Waals surface area contributed by atoms with Crippen molar-refractivity contribution in [2.75, 3.05) is 7.11 Å². The number of ether oxygens (including phenoxy) is 1. The quantitative estimate of drug-likeness (QED) is 0.524. The molecule has 0 amide bonds. The second-order valence-electron chi connectivity index (χ2n) is 3.83. The molecule has 1 rings (SSSR count). The van der Waals surface area contributed by atoms with Gasteiger partial charge in [0.1, 0.15) is 0 Å². The second kappa shape index (κ2) is 4.91. The number of allylic oxidation sites excluding steroid dienone is 3. The number of carbonyl (C=O) groups is 2. The Hall–Kier alpha value is -1.38. The highest BCUT2D eigenvalue weighted by Crippen LogP contribution is 2.37. The Bertz CT molecular complexity index is 304. The molecule has 0 saturated carbocycles. The van der Waals surface area contributed by atoms with Crippen molar-refractivity contribution >= 4 is 11.8 Å². The van der Waals surface area contributed by atoms with E-state index in [1.165, 1.54) is 7.11 Å². The van der Waals surface area contributed by atoms with E-state index in [2.05, 4.69) is 11.3 Å². The smallest absolute Gasteiger partial charge is 0.306 e. The first-order valence-corrected chi connectivity index (χ1v) is 5.03. The standard InChI is InChI=1S/C12H16O3/c1-3-7-12(9-11(14)15-2)8-5-4-6-10(12)13/h3-4,6H,1,5,7-9H2,2H3. The van der Waals surface area contributed by atoms with E-state index in [1.54, 1.807) is 12.2 Å². The lowest BCUT2D eigenvalue weighted by Crippen LogP contribution is -2.34. The van der Waals surface area contributed by atoms with Crippen LogP contribution in [0, 0.1) is 5.41 Å². The van der Waals surface area contributed by atoms with Crippen molar-refractivity contribution < 1.29 is 14.3 Å². The molecule has 0 N–H and O–H groups in total. The maximum Gasteiger partial charge on any atom is 0.306 e. The summed E-state index contributed by atoms with van der Waals surface area (Å²) < 4.78 is 4.62. The molecule has 0 bridgehead atoms. The van der Waals surface area contributed by atoms with Crippen LogP contribution in [0.25, 0.3) is 0 Å². The summed E-state index contributed by atoms with van der Waals surface area (Å²) in [7, 11) is 1.34. The first-order chi connectivity index (χ1) is 7.14. The Morgan fingerprint density at radius 3 is 3.00 bits per heavy atom. The van der Waals surface area contributed by atoms with Crippen molar-refractivity contribution in [3.63, 3.8) is 0 Å². The number of ketones is 1. The number of hydrogen-bond donors (Lipinski definition) is 0. The van der Waals surface area contributed by atoms with Crippen molar-refractivity contribution in [1.29, 1.82) is 0 Å². The van der Waals surface area contributed by atoms with E-state index in [0.717, 1.165) is 6.42 Å². The lowest BCUT2D eigenvalue weighted by molar-refractivity contribution is -0.146. The minimum absolute atomic E-state index is 0.0130. The second-order valence-corrected chi connectivity index (χ2v) is 3.83. The molecule has 0 aliphatic heterocycles. The van der Waals surface area contributed by atoms with E-state index in [4.69, 9.17) is 0 Å². The highest BCUT2D eigenvalue weighted by atomic mass is 16.5. The zero-order valence-corrected chi connectivity index (χ0v) is 8.99. The van der Waals surface area contributed by atoms with Gasteiger partial charge >= 0.3 is 5.97 Å². The molecule has 0 aromatic carbocycles. The molecule has 0 aromatic heterocycles. The van der Waals surface area contributed by atoms with Crippen LogP contribution < -0.4 is 0 Å². The largest absolute Gasteiger partial charge is 0.469 e. The van der Waals surface area contributed by atoms with Crippen molar-refractivity contribution in [2.45, 2.75) is 25.7 Å². The van der Waals surface area contributed by atoms with Crippen LogP contribution in [0.4, 0.5) is 0 Å². The number of esters is 1. The van der Waals surface area contributed by atoms with E-state index in [9.17, 15) is 9.59 Å². The molecule has 0 saturated heterocycles. The molecular weight excluding hydrogens is 192 g/mol. The van der Waals surface area contributed by atoms with Crippen molar-refractivity contribution in [1.82, 2.24) is 0 Å². The Balaban J connectivity index is 2.86. The molecule has 0 spiro atoms. The normalized spacial score (nSPS) is 25.0. The van der Waals surface area contributed by atoms with Gasteiger partial charge in [-0.15, -0.1) is 6.58 Å². The van der Waals surface area contributed by atoms with E-state index >= 15 is 0 Å². The minimum Gasteiger partial charge on any atom is -0.469 e. The third-order valence-corrected chi connectivity index (χ3v) is 2.83. The summed E-state index contributed by atoms with van der Waals surface area (Å²) >= 11 is 0. The van der Waals surface area contributed by atoms with Crippen molar-refractivity contribution in [2.24, 2.45) is 5.41 Å². The van der Waals surface area contributed by atoms with Gasteiger partial charge in [-0.3, -0.25) is 9.59 Å². The zero-order valence-electron chi connectivity index (χ0n) is 8.99. The van der Waals surface area contributed by atoms with Crippen LogP contribution in [-0.4, -0.2) is 18.9 Å². The summed E-state index contributed by atoms with van der Waals surface area (Å²) in [6.07, 6.45) is 7.32. The van der Waals surface area contributed by atoms with E-state index in [-0.39, 0.29) is 18.2 Å². The number of hydrogen-bond acceptors (Lipinski definition) is 3. The molecule has 0 heterocycles. The lowest BCUT2D eigenvalue weighted by atomic mass is 9.71. The number of carbonyl (C=O) groups excluding carboxylic acids is 2. The maximum absolute atomic E-state index is 11.8. The molecule has 0 radical (unpaired) electrons. The molecule has 1 aliphatic rings. The summed E-state index contributed by atoms with van der Waals surface area (Å²) in [5.41, 5.74) is -0.608. The van der Waals surface area contributed by atoms with Gasteiger partial charge in [0.25, 0.3) is 0 Å². The predicted molar refractivity (Wildman–Crippen MR) is 57.3 cm³/mol. The molecule has 1 aliphatic carbocycles. The highest BCUT2D eigenvalue weighted by Gasteiger charge is 2.38. The third-order valence-electron chi connectivity index (χ3n) is 2.83. The van der Waals surface area contributed by atoms with Gasteiger partial charge in [-0.1, -0.05) is 12.2 Å². The summed E-state index contributed by atoms with van der Waals surface area (Å²) in [6.45, 7) is 3.64. The first-order valence-electron chi connectivity index (χ1n) is 5.03.